The Bertz CT molecular complexity index is 1130. The van der Waals surface area contributed by atoms with Gasteiger partial charge in [0.15, 0.2) is 5.82 Å². The van der Waals surface area contributed by atoms with Gasteiger partial charge in [0.25, 0.3) is 5.89 Å². The largest absolute Gasteiger partial charge is 0.381 e. The quantitative estimate of drug-likeness (QED) is 0.645. The van der Waals surface area contributed by atoms with Gasteiger partial charge in [-0.05, 0) is 62.8 Å². The SMILES string of the molecule is CCc1cc(F)c2nc(N3CCC(NC4CCOCC4)C3)c(-c3nc(C)no3)c(C)c2c1. The van der Waals surface area contributed by atoms with Crippen molar-refractivity contribution in [3.63, 3.8) is 0 Å². The zero-order valence-electron chi connectivity index (χ0n) is 18.9. The summed E-state index contributed by atoms with van der Waals surface area (Å²) in [6, 6.07) is 4.47. The lowest BCUT2D eigenvalue weighted by Gasteiger charge is -2.27. The molecule has 0 spiro atoms. The van der Waals surface area contributed by atoms with Gasteiger partial charge in [-0.1, -0.05) is 12.1 Å². The van der Waals surface area contributed by atoms with Crippen LogP contribution in [0.3, 0.4) is 0 Å². The molecule has 3 aromatic rings. The molecule has 1 unspecified atom stereocenters. The van der Waals surface area contributed by atoms with Gasteiger partial charge in [-0.15, -0.1) is 0 Å². The van der Waals surface area contributed by atoms with Gasteiger partial charge in [-0.3, -0.25) is 0 Å². The first kappa shape index (κ1) is 21.3. The minimum Gasteiger partial charge on any atom is -0.381 e. The summed E-state index contributed by atoms with van der Waals surface area (Å²) < 4.78 is 26.1. The van der Waals surface area contributed by atoms with Crippen LogP contribution < -0.4 is 10.2 Å². The van der Waals surface area contributed by atoms with Gasteiger partial charge in [-0.2, -0.15) is 4.98 Å². The molecular formula is C24H30FN5O2. The van der Waals surface area contributed by atoms with Gasteiger partial charge < -0.3 is 19.5 Å². The highest BCUT2D eigenvalue weighted by Crippen LogP contribution is 2.38. The van der Waals surface area contributed by atoms with Crippen LogP contribution in [0.4, 0.5) is 10.2 Å². The third-order valence-electron chi connectivity index (χ3n) is 6.67. The van der Waals surface area contributed by atoms with Crippen LogP contribution >= 0.6 is 0 Å². The van der Waals surface area contributed by atoms with Crippen molar-refractivity contribution in [1.29, 1.82) is 0 Å². The van der Waals surface area contributed by atoms with Crippen molar-refractivity contribution >= 4 is 16.7 Å². The van der Waals surface area contributed by atoms with Crippen molar-refractivity contribution in [2.24, 2.45) is 0 Å². The van der Waals surface area contributed by atoms with Crippen molar-refractivity contribution in [2.75, 3.05) is 31.2 Å². The number of aromatic nitrogens is 3. The first-order valence-corrected chi connectivity index (χ1v) is 11.6. The smallest absolute Gasteiger partial charge is 0.261 e. The maximum absolute atomic E-state index is 15.0. The molecule has 2 fully saturated rings. The van der Waals surface area contributed by atoms with E-state index >= 15 is 4.39 Å². The monoisotopic (exact) mass is 439 g/mol. The van der Waals surface area contributed by atoms with Gasteiger partial charge in [0, 0.05) is 43.8 Å². The summed E-state index contributed by atoms with van der Waals surface area (Å²) in [5.74, 6) is 1.44. The third kappa shape index (κ3) is 3.97. The van der Waals surface area contributed by atoms with Crippen LogP contribution in [0.2, 0.25) is 0 Å². The molecule has 0 bridgehead atoms. The molecule has 2 saturated heterocycles. The Hall–Kier alpha value is -2.58. The van der Waals surface area contributed by atoms with E-state index in [9.17, 15) is 0 Å². The second-order valence-electron chi connectivity index (χ2n) is 8.89. The van der Waals surface area contributed by atoms with Crippen LogP contribution in [-0.4, -0.2) is 53.5 Å². The summed E-state index contributed by atoms with van der Waals surface area (Å²) in [6.07, 6.45) is 3.85. The van der Waals surface area contributed by atoms with Crippen molar-refractivity contribution in [1.82, 2.24) is 20.4 Å². The van der Waals surface area contributed by atoms with Crippen LogP contribution in [0.25, 0.3) is 22.4 Å². The summed E-state index contributed by atoms with van der Waals surface area (Å²) in [5, 5.41) is 8.58. The highest BCUT2D eigenvalue weighted by molar-refractivity contribution is 5.93. The number of aryl methyl sites for hydroxylation is 3. The fourth-order valence-corrected chi connectivity index (χ4v) is 4.89. The topological polar surface area (TPSA) is 76.3 Å². The van der Waals surface area contributed by atoms with Crippen molar-refractivity contribution in [2.45, 2.75) is 58.5 Å². The fraction of sp³-hybridized carbons (Fsp3) is 0.542. The van der Waals surface area contributed by atoms with E-state index in [-0.39, 0.29) is 5.82 Å². The number of rotatable bonds is 5. The Morgan fingerprint density at radius 1 is 1.12 bits per heavy atom. The van der Waals surface area contributed by atoms with E-state index in [1.54, 1.807) is 13.0 Å². The molecule has 32 heavy (non-hydrogen) atoms. The van der Waals surface area contributed by atoms with Gasteiger partial charge in [0.1, 0.15) is 17.2 Å². The van der Waals surface area contributed by atoms with Crippen molar-refractivity contribution < 1.29 is 13.7 Å². The molecule has 4 heterocycles. The van der Waals surface area contributed by atoms with E-state index < -0.39 is 0 Å². The number of nitrogens with zero attached hydrogens (tertiary/aromatic N) is 4. The number of pyridine rings is 1. The van der Waals surface area contributed by atoms with Crippen molar-refractivity contribution in [3.8, 4) is 11.5 Å². The Kier molecular flexibility index (Phi) is 5.82. The zero-order valence-corrected chi connectivity index (χ0v) is 18.9. The van der Waals surface area contributed by atoms with Gasteiger partial charge in [0.05, 0.1) is 5.56 Å². The van der Waals surface area contributed by atoms with E-state index in [0.717, 1.165) is 79.9 Å². The number of nitrogens with one attached hydrogen (secondary N) is 1. The molecule has 7 nitrogen and oxygen atoms in total. The second kappa shape index (κ2) is 8.75. The van der Waals surface area contributed by atoms with Gasteiger partial charge in [0.2, 0.25) is 0 Å². The van der Waals surface area contributed by atoms with Crippen molar-refractivity contribution in [3.05, 3.63) is 34.9 Å². The Labute approximate surface area is 187 Å². The Balaban J connectivity index is 1.54. The summed E-state index contributed by atoms with van der Waals surface area (Å²) in [6.45, 7) is 9.11. The maximum atomic E-state index is 15.0. The Morgan fingerprint density at radius 3 is 2.66 bits per heavy atom. The highest BCUT2D eigenvalue weighted by atomic mass is 19.1. The summed E-state index contributed by atoms with van der Waals surface area (Å²) in [7, 11) is 0. The number of hydrogen-bond donors (Lipinski definition) is 1. The molecule has 0 saturated carbocycles. The molecule has 5 rings (SSSR count). The van der Waals surface area contributed by atoms with Crippen LogP contribution in [0.1, 0.15) is 43.1 Å². The maximum Gasteiger partial charge on any atom is 0.261 e. The predicted molar refractivity (Wildman–Crippen MR) is 121 cm³/mol. The molecule has 1 atom stereocenters. The molecule has 2 aliphatic heterocycles. The molecule has 8 heteroatoms. The summed E-state index contributed by atoms with van der Waals surface area (Å²) in [4.78, 5) is 11.6. The number of halogens is 1. The van der Waals surface area contributed by atoms with E-state index in [1.165, 1.54) is 0 Å². The molecule has 1 N–H and O–H groups in total. The lowest BCUT2D eigenvalue weighted by Crippen LogP contribution is -2.43. The Morgan fingerprint density at radius 2 is 1.94 bits per heavy atom. The standard InChI is InChI=1S/C24H30FN5O2/c1-4-16-11-19-14(2)21(24-26-15(3)29-32-24)23(28-22(19)20(25)12-16)30-8-5-18(13-30)27-17-6-9-31-10-7-17/h11-12,17-18,27H,4-10,13H2,1-3H3. The van der Waals surface area contributed by atoms with Crippen LogP contribution in [0.5, 0.6) is 0 Å². The summed E-state index contributed by atoms with van der Waals surface area (Å²) >= 11 is 0. The first-order valence-electron chi connectivity index (χ1n) is 11.6. The van der Waals surface area contributed by atoms with E-state index in [1.807, 2.05) is 19.9 Å². The molecule has 0 radical (unpaired) electrons. The first-order chi connectivity index (χ1) is 15.5. The summed E-state index contributed by atoms with van der Waals surface area (Å²) in [5.41, 5.74) is 3.07. The molecular weight excluding hydrogens is 409 g/mol. The number of fused-ring (bicyclic) bond motifs is 1. The highest BCUT2D eigenvalue weighted by Gasteiger charge is 2.31. The lowest BCUT2D eigenvalue weighted by atomic mass is 10.00. The molecule has 1 aromatic carbocycles. The molecule has 2 aromatic heterocycles. The predicted octanol–water partition coefficient (Wildman–Crippen LogP) is 3.95. The fourth-order valence-electron chi connectivity index (χ4n) is 4.89. The van der Waals surface area contributed by atoms with Crippen LogP contribution in [0, 0.1) is 19.7 Å². The van der Waals surface area contributed by atoms with Gasteiger partial charge in [-0.25, -0.2) is 9.37 Å². The average molecular weight is 440 g/mol. The number of anilines is 1. The van der Waals surface area contributed by atoms with Gasteiger partial charge >= 0.3 is 0 Å². The number of hydrogen-bond acceptors (Lipinski definition) is 7. The molecule has 170 valence electrons. The molecule has 2 aliphatic rings. The van der Waals surface area contributed by atoms with Crippen LogP contribution in [-0.2, 0) is 11.2 Å². The normalized spacial score (nSPS) is 19.9. The average Bonchev–Trinajstić information content (AvgIpc) is 3.43. The third-order valence-corrected chi connectivity index (χ3v) is 6.67. The molecule has 0 amide bonds. The van der Waals surface area contributed by atoms with Crippen LogP contribution in [0.15, 0.2) is 16.7 Å². The lowest BCUT2D eigenvalue weighted by molar-refractivity contribution is 0.0755. The number of benzene rings is 1. The van der Waals surface area contributed by atoms with E-state index in [4.69, 9.17) is 14.2 Å². The zero-order chi connectivity index (χ0) is 22.2. The second-order valence-corrected chi connectivity index (χ2v) is 8.89. The minimum atomic E-state index is -0.284. The molecule has 0 aliphatic carbocycles. The minimum absolute atomic E-state index is 0.284. The van der Waals surface area contributed by atoms with E-state index in [0.29, 0.717) is 29.3 Å². The number of ether oxygens (including phenoxy) is 1. The van der Waals surface area contributed by atoms with E-state index in [2.05, 4.69) is 20.4 Å².